The zero-order chi connectivity index (χ0) is 17.5. The van der Waals surface area contributed by atoms with Crippen molar-refractivity contribution in [2.24, 2.45) is 0 Å². The van der Waals surface area contributed by atoms with Crippen LogP contribution < -0.4 is 0 Å². The lowest BCUT2D eigenvalue weighted by Crippen LogP contribution is -2.31. The van der Waals surface area contributed by atoms with Gasteiger partial charge in [0.1, 0.15) is 0 Å². The number of carboxylic acids is 1. The standard InChI is InChI=1S/C19H23ClN2O2/c1-21(2)9-10-22(14-16-6-4-8-18(20)12-16)13-15-5-3-7-17(11-15)19(23)24/h3-8,11-12H,9-10,13-14H2,1-2H3,(H,23,24). The summed E-state index contributed by atoms with van der Waals surface area (Å²) in [5, 5.41) is 9.88. The van der Waals surface area contributed by atoms with Gasteiger partial charge in [-0.05, 0) is 49.5 Å². The van der Waals surface area contributed by atoms with Crippen molar-refractivity contribution < 1.29 is 9.90 Å². The fraction of sp³-hybridized carbons (Fsp3) is 0.316. The highest BCUT2D eigenvalue weighted by Crippen LogP contribution is 2.15. The van der Waals surface area contributed by atoms with E-state index in [4.69, 9.17) is 16.7 Å². The fourth-order valence-electron chi connectivity index (χ4n) is 2.51. The van der Waals surface area contributed by atoms with Crippen LogP contribution in [0.2, 0.25) is 5.02 Å². The lowest BCUT2D eigenvalue weighted by atomic mass is 10.1. The number of carbonyl (C=O) groups is 1. The molecule has 0 saturated heterocycles. The zero-order valence-electron chi connectivity index (χ0n) is 14.1. The highest BCUT2D eigenvalue weighted by Gasteiger charge is 2.10. The minimum atomic E-state index is -0.897. The lowest BCUT2D eigenvalue weighted by molar-refractivity contribution is 0.0696. The molecule has 0 unspecified atom stereocenters. The van der Waals surface area contributed by atoms with E-state index in [0.29, 0.717) is 12.1 Å². The van der Waals surface area contributed by atoms with Crippen LogP contribution in [0, 0.1) is 0 Å². The molecule has 0 atom stereocenters. The van der Waals surface area contributed by atoms with Gasteiger partial charge in [-0.1, -0.05) is 35.9 Å². The van der Waals surface area contributed by atoms with E-state index >= 15 is 0 Å². The highest BCUT2D eigenvalue weighted by molar-refractivity contribution is 6.30. The van der Waals surface area contributed by atoms with Crippen molar-refractivity contribution >= 4 is 17.6 Å². The highest BCUT2D eigenvalue weighted by atomic mass is 35.5. The fourth-order valence-corrected chi connectivity index (χ4v) is 2.72. The number of nitrogens with zero attached hydrogens (tertiary/aromatic N) is 2. The Morgan fingerprint density at radius 2 is 1.62 bits per heavy atom. The summed E-state index contributed by atoms with van der Waals surface area (Å²) in [4.78, 5) is 15.6. The van der Waals surface area contributed by atoms with E-state index in [1.165, 1.54) is 0 Å². The van der Waals surface area contributed by atoms with Crippen molar-refractivity contribution in [2.75, 3.05) is 27.2 Å². The number of likely N-dealkylation sites (N-methyl/N-ethyl adjacent to an activating group) is 1. The number of benzene rings is 2. The normalized spacial score (nSPS) is 11.2. The zero-order valence-corrected chi connectivity index (χ0v) is 14.8. The van der Waals surface area contributed by atoms with Crippen LogP contribution >= 0.6 is 11.6 Å². The van der Waals surface area contributed by atoms with Gasteiger partial charge in [-0.2, -0.15) is 0 Å². The Morgan fingerprint density at radius 3 is 2.21 bits per heavy atom. The second kappa shape index (κ2) is 8.83. The SMILES string of the molecule is CN(C)CCN(Cc1cccc(Cl)c1)Cc1cccc(C(=O)O)c1. The lowest BCUT2D eigenvalue weighted by Gasteiger charge is -2.24. The number of halogens is 1. The Morgan fingerprint density at radius 1 is 1.00 bits per heavy atom. The van der Waals surface area contributed by atoms with E-state index in [1.807, 2.05) is 38.4 Å². The Kier molecular flexibility index (Phi) is 6.79. The molecule has 0 radical (unpaired) electrons. The van der Waals surface area contributed by atoms with Gasteiger partial charge in [0.15, 0.2) is 0 Å². The molecule has 0 bridgehead atoms. The van der Waals surface area contributed by atoms with E-state index in [0.717, 1.165) is 35.8 Å². The third-order valence-electron chi connectivity index (χ3n) is 3.74. The predicted molar refractivity (Wildman–Crippen MR) is 97.5 cm³/mol. The van der Waals surface area contributed by atoms with Crippen molar-refractivity contribution in [1.29, 1.82) is 0 Å². The summed E-state index contributed by atoms with van der Waals surface area (Å²) in [6.07, 6.45) is 0. The first kappa shape index (κ1) is 18.5. The molecule has 0 amide bonds. The van der Waals surface area contributed by atoms with Crippen molar-refractivity contribution in [1.82, 2.24) is 9.80 Å². The molecule has 0 saturated carbocycles. The molecule has 0 fully saturated rings. The minimum Gasteiger partial charge on any atom is -0.478 e. The first-order chi connectivity index (χ1) is 11.4. The molecule has 128 valence electrons. The molecule has 24 heavy (non-hydrogen) atoms. The van der Waals surface area contributed by atoms with E-state index in [1.54, 1.807) is 18.2 Å². The monoisotopic (exact) mass is 346 g/mol. The Balaban J connectivity index is 2.13. The van der Waals surface area contributed by atoms with Gasteiger partial charge in [-0.3, -0.25) is 4.90 Å². The van der Waals surface area contributed by atoms with Crippen LogP contribution in [0.3, 0.4) is 0 Å². The molecular weight excluding hydrogens is 324 g/mol. The van der Waals surface area contributed by atoms with E-state index in [-0.39, 0.29) is 0 Å². The van der Waals surface area contributed by atoms with Gasteiger partial charge in [0.05, 0.1) is 5.56 Å². The topological polar surface area (TPSA) is 43.8 Å². The van der Waals surface area contributed by atoms with Gasteiger partial charge < -0.3 is 10.0 Å². The molecule has 0 aromatic heterocycles. The third kappa shape index (κ3) is 5.96. The molecule has 0 aliphatic rings. The molecule has 0 spiro atoms. The van der Waals surface area contributed by atoms with E-state index in [2.05, 4.69) is 15.9 Å². The smallest absolute Gasteiger partial charge is 0.335 e. The molecule has 0 heterocycles. The van der Waals surface area contributed by atoms with E-state index < -0.39 is 5.97 Å². The molecule has 0 aliphatic heterocycles. The van der Waals surface area contributed by atoms with Gasteiger partial charge in [0.2, 0.25) is 0 Å². The first-order valence-corrected chi connectivity index (χ1v) is 8.25. The Hall–Kier alpha value is -1.88. The number of hydrogen-bond acceptors (Lipinski definition) is 3. The van der Waals surface area contributed by atoms with Crippen LogP contribution in [-0.2, 0) is 13.1 Å². The Bertz CT molecular complexity index is 689. The second-order valence-corrected chi connectivity index (χ2v) is 6.59. The largest absolute Gasteiger partial charge is 0.478 e. The average molecular weight is 347 g/mol. The third-order valence-corrected chi connectivity index (χ3v) is 3.97. The maximum atomic E-state index is 11.1. The van der Waals surface area contributed by atoms with Crippen molar-refractivity contribution in [3.63, 3.8) is 0 Å². The molecule has 2 rings (SSSR count). The molecule has 2 aromatic carbocycles. The summed E-state index contributed by atoms with van der Waals surface area (Å²) in [6, 6.07) is 15.0. The number of rotatable bonds is 8. The van der Waals surface area contributed by atoms with Crippen LogP contribution in [0.4, 0.5) is 0 Å². The summed E-state index contributed by atoms with van der Waals surface area (Å²) in [5.74, 6) is -0.897. The first-order valence-electron chi connectivity index (χ1n) is 7.88. The van der Waals surface area contributed by atoms with Gasteiger partial charge in [0, 0.05) is 31.2 Å². The minimum absolute atomic E-state index is 0.322. The maximum absolute atomic E-state index is 11.1. The summed E-state index contributed by atoms with van der Waals surface area (Å²) >= 11 is 6.08. The van der Waals surface area contributed by atoms with Crippen molar-refractivity contribution in [3.8, 4) is 0 Å². The van der Waals surface area contributed by atoms with E-state index in [9.17, 15) is 4.79 Å². The molecular formula is C19H23ClN2O2. The number of carboxylic acid groups (broad SMARTS) is 1. The number of hydrogen-bond donors (Lipinski definition) is 1. The molecule has 5 heteroatoms. The van der Waals surface area contributed by atoms with Crippen molar-refractivity contribution in [3.05, 3.63) is 70.2 Å². The van der Waals surface area contributed by atoms with Gasteiger partial charge >= 0.3 is 5.97 Å². The van der Waals surface area contributed by atoms with Crippen LogP contribution in [0.15, 0.2) is 48.5 Å². The quantitative estimate of drug-likeness (QED) is 0.793. The van der Waals surface area contributed by atoms with Crippen molar-refractivity contribution in [2.45, 2.75) is 13.1 Å². The summed E-state index contributed by atoms with van der Waals surface area (Å²) in [5.41, 5.74) is 2.47. The van der Waals surface area contributed by atoms with Crippen LogP contribution in [0.25, 0.3) is 0 Å². The molecule has 2 aromatic rings. The van der Waals surface area contributed by atoms with Crippen LogP contribution in [-0.4, -0.2) is 48.1 Å². The molecule has 1 N–H and O–H groups in total. The number of aromatic carboxylic acids is 1. The van der Waals surface area contributed by atoms with Gasteiger partial charge in [-0.15, -0.1) is 0 Å². The van der Waals surface area contributed by atoms with Crippen LogP contribution in [0.1, 0.15) is 21.5 Å². The van der Waals surface area contributed by atoms with Gasteiger partial charge in [0.25, 0.3) is 0 Å². The second-order valence-electron chi connectivity index (χ2n) is 6.15. The van der Waals surface area contributed by atoms with Gasteiger partial charge in [-0.25, -0.2) is 4.79 Å². The summed E-state index contributed by atoms with van der Waals surface area (Å²) in [6.45, 7) is 3.28. The Labute approximate surface area is 148 Å². The summed E-state index contributed by atoms with van der Waals surface area (Å²) < 4.78 is 0. The van der Waals surface area contributed by atoms with Crippen LogP contribution in [0.5, 0.6) is 0 Å². The molecule has 0 aliphatic carbocycles. The predicted octanol–water partition coefficient (Wildman–Crippen LogP) is 3.60. The summed E-state index contributed by atoms with van der Waals surface area (Å²) in [7, 11) is 4.09. The molecule has 4 nitrogen and oxygen atoms in total. The average Bonchev–Trinajstić information content (AvgIpc) is 2.53. The maximum Gasteiger partial charge on any atom is 0.335 e.